The van der Waals surface area contributed by atoms with E-state index in [0.717, 1.165) is 23.7 Å². The predicted molar refractivity (Wildman–Crippen MR) is 129 cm³/mol. The molecule has 166 valence electrons. The van der Waals surface area contributed by atoms with Crippen molar-refractivity contribution in [2.45, 2.75) is 31.3 Å². The Bertz CT molecular complexity index is 1030. The normalized spacial score (nSPS) is 17.8. The summed E-state index contributed by atoms with van der Waals surface area (Å²) in [7, 11) is 1.83. The first-order valence-electron chi connectivity index (χ1n) is 10.8. The zero-order valence-electron chi connectivity index (χ0n) is 18.0. The topological polar surface area (TPSA) is 66.5 Å². The summed E-state index contributed by atoms with van der Waals surface area (Å²) in [6, 6.07) is 22.2. The van der Waals surface area contributed by atoms with Crippen LogP contribution in [0.4, 0.5) is 0 Å². The molecule has 3 aromatic rings. The molecule has 0 spiro atoms. The number of pyridine rings is 1. The molecular weight excluding hydrogens is 468 g/mol. The van der Waals surface area contributed by atoms with Crippen molar-refractivity contribution in [3.63, 3.8) is 0 Å². The van der Waals surface area contributed by atoms with Crippen LogP contribution < -0.4 is 15.6 Å². The van der Waals surface area contributed by atoms with Crippen LogP contribution in [-0.4, -0.2) is 35.4 Å². The van der Waals surface area contributed by atoms with Crippen molar-refractivity contribution in [3.8, 4) is 11.6 Å². The molecule has 2 atom stereocenters. The Morgan fingerprint density at radius 1 is 1.12 bits per heavy atom. The van der Waals surface area contributed by atoms with Crippen molar-refractivity contribution < 1.29 is 9.53 Å². The van der Waals surface area contributed by atoms with Crippen LogP contribution in [0.1, 0.15) is 41.2 Å². The van der Waals surface area contributed by atoms with E-state index in [1.807, 2.05) is 37.4 Å². The zero-order valence-corrected chi connectivity index (χ0v) is 19.6. The number of amides is 1. The molecule has 0 aliphatic carbocycles. The number of carbonyl (C=O) groups is 1. The van der Waals surface area contributed by atoms with E-state index in [2.05, 4.69) is 56.0 Å². The van der Waals surface area contributed by atoms with Crippen LogP contribution in [0, 0.1) is 0 Å². The minimum atomic E-state index is -0.0360. The third-order valence-electron chi connectivity index (χ3n) is 5.58. The Kier molecular flexibility index (Phi) is 7.52. The Morgan fingerprint density at radius 3 is 2.72 bits per heavy atom. The standard InChI is InChI=1S/C25H27BrN4O2/c1-30(14-6-10-21-16-23(29-28-21)18-7-3-2-4-8-18)25(31)19-12-13-24(27-17-19)32-22-11-5-9-20(26)15-22/h2-5,7-9,11-13,15,17,21,23,28-29H,6,10,14,16H2,1H3. The van der Waals surface area contributed by atoms with Gasteiger partial charge in [0.2, 0.25) is 5.88 Å². The van der Waals surface area contributed by atoms with Crippen LogP contribution in [0.3, 0.4) is 0 Å². The Labute approximate surface area is 197 Å². The number of nitrogens with one attached hydrogen (secondary N) is 2. The molecule has 0 saturated carbocycles. The summed E-state index contributed by atoms with van der Waals surface area (Å²) >= 11 is 3.42. The highest BCUT2D eigenvalue weighted by Crippen LogP contribution is 2.25. The first kappa shape index (κ1) is 22.5. The summed E-state index contributed by atoms with van der Waals surface area (Å²) in [5.41, 5.74) is 8.63. The summed E-state index contributed by atoms with van der Waals surface area (Å²) in [6.07, 6.45) is 4.55. The molecule has 0 radical (unpaired) electrons. The van der Waals surface area contributed by atoms with Crippen LogP contribution in [0.15, 0.2) is 77.4 Å². The second kappa shape index (κ2) is 10.7. The summed E-state index contributed by atoms with van der Waals surface area (Å²) < 4.78 is 6.67. The van der Waals surface area contributed by atoms with E-state index < -0.39 is 0 Å². The lowest BCUT2D eigenvalue weighted by Crippen LogP contribution is -2.32. The first-order valence-corrected chi connectivity index (χ1v) is 11.6. The van der Waals surface area contributed by atoms with Gasteiger partial charge < -0.3 is 9.64 Å². The smallest absolute Gasteiger partial charge is 0.255 e. The molecule has 6 nitrogen and oxygen atoms in total. The lowest BCUT2D eigenvalue weighted by Gasteiger charge is -2.18. The molecular formula is C25H27BrN4O2. The van der Waals surface area contributed by atoms with Crippen LogP contribution in [-0.2, 0) is 0 Å². The summed E-state index contributed by atoms with van der Waals surface area (Å²) in [6.45, 7) is 0.698. The van der Waals surface area contributed by atoms with Crippen molar-refractivity contribution in [3.05, 3.63) is 88.5 Å². The molecule has 2 unspecified atom stereocenters. The predicted octanol–water partition coefficient (Wildman–Crippen LogP) is 5.10. The minimum absolute atomic E-state index is 0.0360. The summed E-state index contributed by atoms with van der Waals surface area (Å²) in [4.78, 5) is 18.8. The van der Waals surface area contributed by atoms with Crippen molar-refractivity contribution in [2.24, 2.45) is 0 Å². The zero-order chi connectivity index (χ0) is 22.3. The maximum absolute atomic E-state index is 12.7. The minimum Gasteiger partial charge on any atom is -0.439 e. The molecule has 1 fully saturated rings. The van der Waals surface area contributed by atoms with Gasteiger partial charge in [0.1, 0.15) is 5.75 Å². The largest absolute Gasteiger partial charge is 0.439 e. The fraction of sp³-hybridized carbons (Fsp3) is 0.280. The van der Waals surface area contributed by atoms with Gasteiger partial charge >= 0.3 is 0 Å². The third kappa shape index (κ3) is 5.94. The van der Waals surface area contributed by atoms with E-state index in [1.54, 1.807) is 23.2 Å². The number of aromatic nitrogens is 1. The van der Waals surface area contributed by atoms with Gasteiger partial charge in [-0.05, 0) is 49.1 Å². The molecule has 2 heterocycles. The van der Waals surface area contributed by atoms with Gasteiger partial charge in [0.25, 0.3) is 5.91 Å². The highest BCUT2D eigenvalue weighted by molar-refractivity contribution is 9.10. The van der Waals surface area contributed by atoms with Crippen molar-refractivity contribution in [1.82, 2.24) is 20.7 Å². The third-order valence-corrected chi connectivity index (χ3v) is 6.07. The number of hydrazine groups is 1. The highest BCUT2D eigenvalue weighted by Gasteiger charge is 2.24. The van der Waals surface area contributed by atoms with Crippen molar-refractivity contribution in [1.29, 1.82) is 0 Å². The number of halogens is 1. The van der Waals surface area contributed by atoms with E-state index in [1.165, 1.54) is 5.56 Å². The number of ether oxygens (including phenoxy) is 1. The summed E-state index contributed by atoms with van der Waals surface area (Å²) in [5, 5.41) is 0. The maximum atomic E-state index is 12.7. The highest BCUT2D eigenvalue weighted by atomic mass is 79.9. The number of hydrogen-bond acceptors (Lipinski definition) is 5. The molecule has 4 rings (SSSR count). The Hall–Kier alpha value is -2.74. The van der Waals surface area contributed by atoms with Gasteiger partial charge in [-0.25, -0.2) is 4.98 Å². The molecule has 1 aliphatic heterocycles. The van der Waals surface area contributed by atoms with E-state index in [4.69, 9.17) is 4.74 Å². The second-order valence-electron chi connectivity index (χ2n) is 8.00. The molecule has 32 heavy (non-hydrogen) atoms. The van der Waals surface area contributed by atoms with E-state index >= 15 is 0 Å². The molecule has 1 saturated heterocycles. The van der Waals surface area contributed by atoms with E-state index in [0.29, 0.717) is 35.8 Å². The SMILES string of the molecule is CN(CCCC1CC(c2ccccc2)NN1)C(=O)c1ccc(Oc2cccc(Br)c2)nc1. The van der Waals surface area contributed by atoms with E-state index in [-0.39, 0.29) is 5.91 Å². The van der Waals surface area contributed by atoms with Gasteiger partial charge in [0.15, 0.2) is 0 Å². The Balaban J connectivity index is 1.22. The van der Waals surface area contributed by atoms with Gasteiger partial charge in [0, 0.05) is 42.4 Å². The average molecular weight is 495 g/mol. The monoisotopic (exact) mass is 494 g/mol. The molecule has 0 bridgehead atoms. The molecule has 2 aromatic carbocycles. The summed E-state index contributed by atoms with van der Waals surface area (Å²) in [5.74, 6) is 1.11. The molecule has 7 heteroatoms. The second-order valence-corrected chi connectivity index (χ2v) is 8.91. The number of benzene rings is 2. The number of carbonyl (C=O) groups excluding carboxylic acids is 1. The number of nitrogens with zero attached hydrogens (tertiary/aromatic N) is 2. The number of rotatable bonds is 8. The first-order chi connectivity index (χ1) is 15.6. The average Bonchev–Trinajstić information content (AvgIpc) is 3.29. The van der Waals surface area contributed by atoms with Gasteiger partial charge in [-0.15, -0.1) is 0 Å². The van der Waals surface area contributed by atoms with Gasteiger partial charge in [-0.1, -0.05) is 52.3 Å². The van der Waals surface area contributed by atoms with Crippen LogP contribution in [0.2, 0.25) is 0 Å². The lowest BCUT2D eigenvalue weighted by molar-refractivity contribution is 0.0791. The molecule has 1 aromatic heterocycles. The number of hydrogen-bond donors (Lipinski definition) is 2. The maximum Gasteiger partial charge on any atom is 0.255 e. The van der Waals surface area contributed by atoms with Crippen molar-refractivity contribution in [2.75, 3.05) is 13.6 Å². The lowest BCUT2D eigenvalue weighted by atomic mass is 10.00. The quantitative estimate of drug-likeness (QED) is 0.456. The fourth-order valence-electron chi connectivity index (χ4n) is 3.83. The van der Waals surface area contributed by atoms with Crippen LogP contribution >= 0.6 is 15.9 Å². The fourth-order valence-corrected chi connectivity index (χ4v) is 4.21. The van der Waals surface area contributed by atoms with Gasteiger partial charge in [0.05, 0.1) is 5.56 Å². The molecule has 1 aliphatic rings. The van der Waals surface area contributed by atoms with Crippen LogP contribution in [0.25, 0.3) is 0 Å². The van der Waals surface area contributed by atoms with Gasteiger partial charge in [-0.2, -0.15) is 0 Å². The van der Waals surface area contributed by atoms with Crippen LogP contribution in [0.5, 0.6) is 11.6 Å². The van der Waals surface area contributed by atoms with E-state index in [9.17, 15) is 4.79 Å². The molecule has 2 N–H and O–H groups in total. The Morgan fingerprint density at radius 2 is 1.97 bits per heavy atom. The van der Waals surface area contributed by atoms with Gasteiger partial charge in [-0.3, -0.25) is 15.6 Å². The van der Waals surface area contributed by atoms with Crippen molar-refractivity contribution >= 4 is 21.8 Å². The molecule has 1 amide bonds.